The number of halogens is 1. The summed E-state index contributed by atoms with van der Waals surface area (Å²) in [6, 6.07) is 3.85. The molecule has 1 rings (SSSR count). The number of nitrogens with one attached hydrogen (secondary N) is 1. The van der Waals surface area contributed by atoms with Gasteiger partial charge in [-0.25, -0.2) is 0 Å². The average Bonchev–Trinajstić information content (AvgIpc) is 2.28. The SMILES string of the molecule is CNCC(O)c1cc(C(C)C)cc(Cl)c1OC. The third kappa shape index (κ3) is 3.35. The Morgan fingerprint density at radius 1 is 1.41 bits per heavy atom. The van der Waals surface area contributed by atoms with Gasteiger partial charge in [0.2, 0.25) is 0 Å². The Balaban J connectivity index is 3.23. The molecule has 0 aliphatic carbocycles. The second-order valence-electron chi connectivity index (χ2n) is 4.35. The van der Waals surface area contributed by atoms with Gasteiger partial charge in [0.15, 0.2) is 0 Å². The molecule has 1 aromatic rings. The van der Waals surface area contributed by atoms with E-state index in [0.717, 1.165) is 11.1 Å². The Morgan fingerprint density at radius 2 is 2.06 bits per heavy atom. The van der Waals surface area contributed by atoms with Gasteiger partial charge in [0.1, 0.15) is 5.75 Å². The molecule has 2 N–H and O–H groups in total. The topological polar surface area (TPSA) is 41.5 Å². The summed E-state index contributed by atoms with van der Waals surface area (Å²) in [4.78, 5) is 0. The Kier molecular flexibility index (Phi) is 5.25. The van der Waals surface area contributed by atoms with Crippen molar-refractivity contribution in [1.82, 2.24) is 5.32 Å². The van der Waals surface area contributed by atoms with Crippen molar-refractivity contribution >= 4 is 11.6 Å². The molecule has 0 radical (unpaired) electrons. The van der Waals surface area contributed by atoms with Crippen LogP contribution in [0.3, 0.4) is 0 Å². The first-order valence-electron chi connectivity index (χ1n) is 5.71. The van der Waals surface area contributed by atoms with Crippen molar-refractivity contribution in [3.05, 3.63) is 28.3 Å². The van der Waals surface area contributed by atoms with Crippen LogP contribution in [-0.2, 0) is 0 Å². The van der Waals surface area contributed by atoms with E-state index in [2.05, 4.69) is 19.2 Å². The fourth-order valence-electron chi connectivity index (χ4n) is 1.74. The summed E-state index contributed by atoms with van der Waals surface area (Å²) in [6.07, 6.45) is -0.619. The molecule has 96 valence electrons. The number of hydrogen-bond donors (Lipinski definition) is 2. The summed E-state index contributed by atoms with van der Waals surface area (Å²) in [5, 5.41) is 13.5. The largest absolute Gasteiger partial charge is 0.495 e. The zero-order valence-electron chi connectivity index (χ0n) is 10.7. The van der Waals surface area contributed by atoms with Crippen LogP contribution in [0.25, 0.3) is 0 Å². The van der Waals surface area contributed by atoms with E-state index in [1.807, 2.05) is 12.1 Å². The summed E-state index contributed by atoms with van der Waals surface area (Å²) >= 11 is 6.17. The van der Waals surface area contributed by atoms with Crippen LogP contribution in [0.1, 0.15) is 37.0 Å². The smallest absolute Gasteiger partial charge is 0.143 e. The summed E-state index contributed by atoms with van der Waals surface area (Å²) in [6.45, 7) is 4.65. The van der Waals surface area contributed by atoms with Gasteiger partial charge < -0.3 is 15.2 Å². The van der Waals surface area contributed by atoms with Gasteiger partial charge in [-0.1, -0.05) is 25.4 Å². The van der Waals surface area contributed by atoms with Crippen LogP contribution < -0.4 is 10.1 Å². The Hall–Kier alpha value is -0.770. The van der Waals surface area contributed by atoms with Crippen molar-refractivity contribution in [2.75, 3.05) is 20.7 Å². The molecule has 0 spiro atoms. The van der Waals surface area contributed by atoms with Gasteiger partial charge in [0.05, 0.1) is 18.2 Å². The van der Waals surface area contributed by atoms with Crippen molar-refractivity contribution in [3.63, 3.8) is 0 Å². The molecule has 0 aliphatic heterocycles. The molecule has 1 unspecified atom stereocenters. The van der Waals surface area contributed by atoms with E-state index >= 15 is 0 Å². The number of hydrogen-bond acceptors (Lipinski definition) is 3. The third-order valence-corrected chi connectivity index (χ3v) is 3.00. The molecule has 0 heterocycles. The number of benzene rings is 1. The van der Waals surface area contributed by atoms with Gasteiger partial charge in [-0.3, -0.25) is 0 Å². The Bertz CT molecular complexity index is 380. The number of aliphatic hydroxyl groups is 1. The minimum Gasteiger partial charge on any atom is -0.495 e. The maximum absolute atomic E-state index is 10.1. The number of aliphatic hydroxyl groups excluding tert-OH is 1. The summed E-state index contributed by atoms with van der Waals surface area (Å²) in [5.74, 6) is 0.915. The van der Waals surface area contributed by atoms with Crippen LogP contribution in [0.5, 0.6) is 5.75 Å². The van der Waals surface area contributed by atoms with Gasteiger partial charge in [-0.05, 0) is 30.7 Å². The molecule has 0 aromatic heterocycles. The first-order valence-corrected chi connectivity index (χ1v) is 6.09. The van der Waals surface area contributed by atoms with Gasteiger partial charge in [-0.2, -0.15) is 0 Å². The number of ether oxygens (including phenoxy) is 1. The highest BCUT2D eigenvalue weighted by molar-refractivity contribution is 6.32. The normalized spacial score (nSPS) is 12.9. The van der Waals surface area contributed by atoms with Crippen molar-refractivity contribution in [3.8, 4) is 5.75 Å². The lowest BCUT2D eigenvalue weighted by atomic mass is 9.97. The zero-order chi connectivity index (χ0) is 13.0. The summed E-state index contributed by atoms with van der Waals surface area (Å²) < 4.78 is 5.26. The first kappa shape index (κ1) is 14.3. The molecule has 3 nitrogen and oxygen atoms in total. The summed E-state index contributed by atoms with van der Waals surface area (Å²) in [5.41, 5.74) is 1.83. The Morgan fingerprint density at radius 3 is 2.53 bits per heavy atom. The minimum atomic E-state index is -0.619. The molecular formula is C13H20ClNO2. The maximum atomic E-state index is 10.1. The van der Waals surface area contributed by atoms with E-state index in [9.17, 15) is 5.11 Å². The lowest BCUT2D eigenvalue weighted by Crippen LogP contribution is -2.17. The molecule has 4 heteroatoms. The highest BCUT2D eigenvalue weighted by atomic mass is 35.5. The number of rotatable bonds is 5. The molecular weight excluding hydrogens is 238 g/mol. The predicted molar refractivity (Wildman–Crippen MR) is 71.0 cm³/mol. The van der Waals surface area contributed by atoms with Crippen LogP contribution in [0.2, 0.25) is 5.02 Å². The number of likely N-dealkylation sites (N-methyl/N-ethyl adjacent to an activating group) is 1. The molecule has 17 heavy (non-hydrogen) atoms. The quantitative estimate of drug-likeness (QED) is 0.852. The highest BCUT2D eigenvalue weighted by Crippen LogP contribution is 2.35. The highest BCUT2D eigenvalue weighted by Gasteiger charge is 2.17. The van der Waals surface area contributed by atoms with Crippen LogP contribution in [0, 0.1) is 0 Å². The van der Waals surface area contributed by atoms with E-state index in [0.29, 0.717) is 23.2 Å². The van der Waals surface area contributed by atoms with E-state index < -0.39 is 6.10 Å². The van der Waals surface area contributed by atoms with Crippen molar-refractivity contribution in [2.24, 2.45) is 0 Å². The second kappa shape index (κ2) is 6.24. The standard InChI is InChI=1S/C13H20ClNO2/c1-8(2)9-5-10(12(16)7-15-3)13(17-4)11(14)6-9/h5-6,8,12,15-16H,7H2,1-4H3. The van der Waals surface area contributed by atoms with Crippen LogP contribution >= 0.6 is 11.6 Å². The fourth-order valence-corrected chi connectivity index (χ4v) is 2.05. The molecule has 0 saturated heterocycles. The van der Waals surface area contributed by atoms with Gasteiger partial charge in [-0.15, -0.1) is 0 Å². The molecule has 0 saturated carbocycles. The van der Waals surface area contributed by atoms with Crippen molar-refractivity contribution in [1.29, 1.82) is 0 Å². The molecule has 0 bridgehead atoms. The third-order valence-electron chi connectivity index (χ3n) is 2.72. The van der Waals surface area contributed by atoms with Crippen molar-refractivity contribution < 1.29 is 9.84 Å². The fraction of sp³-hybridized carbons (Fsp3) is 0.538. The summed E-state index contributed by atoms with van der Waals surface area (Å²) in [7, 11) is 3.36. The molecule has 0 fully saturated rings. The monoisotopic (exact) mass is 257 g/mol. The van der Waals surface area contributed by atoms with E-state index in [4.69, 9.17) is 16.3 Å². The first-order chi connectivity index (χ1) is 8.01. The lowest BCUT2D eigenvalue weighted by Gasteiger charge is -2.18. The van der Waals surface area contributed by atoms with Crippen LogP contribution in [0.15, 0.2) is 12.1 Å². The van der Waals surface area contributed by atoms with Crippen molar-refractivity contribution in [2.45, 2.75) is 25.9 Å². The molecule has 1 aromatic carbocycles. The molecule has 0 amide bonds. The van der Waals surface area contributed by atoms with E-state index in [-0.39, 0.29) is 0 Å². The number of methoxy groups -OCH3 is 1. The molecule has 1 atom stereocenters. The van der Waals surface area contributed by atoms with Gasteiger partial charge >= 0.3 is 0 Å². The van der Waals surface area contributed by atoms with Crippen LogP contribution in [-0.4, -0.2) is 25.8 Å². The second-order valence-corrected chi connectivity index (χ2v) is 4.76. The maximum Gasteiger partial charge on any atom is 0.143 e. The average molecular weight is 258 g/mol. The van der Waals surface area contributed by atoms with E-state index in [1.165, 1.54) is 0 Å². The van der Waals surface area contributed by atoms with Crippen LogP contribution in [0.4, 0.5) is 0 Å². The van der Waals surface area contributed by atoms with Gasteiger partial charge in [0, 0.05) is 12.1 Å². The predicted octanol–water partition coefficient (Wildman–Crippen LogP) is 2.72. The zero-order valence-corrected chi connectivity index (χ0v) is 11.5. The van der Waals surface area contributed by atoms with E-state index in [1.54, 1.807) is 14.2 Å². The van der Waals surface area contributed by atoms with Gasteiger partial charge in [0.25, 0.3) is 0 Å². The Labute approximate surface area is 108 Å². The molecule has 0 aliphatic rings. The minimum absolute atomic E-state index is 0.360. The lowest BCUT2D eigenvalue weighted by molar-refractivity contribution is 0.173.